The highest BCUT2D eigenvalue weighted by Gasteiger charge is 1.95. The summed E-state index contributed by atoms with van der Waals surface area (Å²) in [6, 6.07) is 1.64. The maximum Gasteiger partial charge on any atom is 0.141 e. The lowest BCUT2D eigenvalue weighted by atomic mass is 10.3. The Balaban J connectivity index is 3.04. The molecule has 0 radical (unpaired) electrons. The van der Waals surface area contributed by atoms with Crippen molar-refractivity contribution in [2.75, 3.05) is 5.88 Å². The SMILES string of the molecule is N#CC(O)CCCl. The topological polar surface area (TPSA) is 44.0 Å². The van der Waals surface area contributed by atoms with Crippen LogP contribution in [0.15, 0.2) is 0 Å². The van der Waals surface area contributed by atoms with E-state index >= 15 is 0 Å². The molecule has 1 unspecified atom stereocenters. The van der Waals surface area contributed by atoms with Gasteiger partial charge in [-0.05, 0) is 0 Å². The number of nitriles is 1. The summed E-state index contributed by atoms with van der Waals surface area (Å²) < 4.78 is 0. The van der Waals surface area contributed by atoms with Gasteiger partial charge in [0.2, 0.25) is 0 Å². The van der Waals surface area contributed by atoms with E-state index in [1.54, 1.807) is 6.07 Å². The number of aliphatic hydroxyl groups is 1. The largest absolute Gasteiger partial charge is 0.378 e. The van der Waals surface area contributed by atoms with Gasteiger partial charge in [0, 0.05) is 12.3 Å². The Morgan fingerprint density at radius 1 is 1.86 bits per heavy atom. The number of nitrogens with zero attached hydrogens (tertiary/aromatic N) is 1. The first-order valence-electron chi connectivity index (χ1n) is 1.95. The van der Waals surface area contributed by atoms with Crippen LogP contribution in [-0.4, -0.2) is 17.1 Å². The highest BCUT2D eigenvalue weighted by molar-refractivity contribution is 6.17. The summed E-state index contributed by atoms with van der Waals surface area (Å²) in [5.74, 6) is 0.342. The highest BCUT2D eigenvalue weighted by atomic mass is 35.5. The molecule has 0 rings (SSSR count). The molecule has 1 N–H and O–H groups in total. The van der Waals surface area contributed by atoms with Gasteiger partial charge in [-0.15, -0.1) is 11.6 Å². The number of hydrogen-bond donors (Lipinski definition) is 1. The first-order valence-corrected chi connectivity index (χ1v) is 2.48. The van der Waals surface area contributed by atoms with Gasteiger partial charge in [0.1, 0.15) is 6.10 Å². The van der Waals surface area contributed by atoms with Crippen molar-refractivity contribution in [3.05, 3.63) is 0 Å². The van der Waals surface area contributed by atoms with Crippen molar-refractivity contribution in [3.63, 3.8) is 0 Å². The van der Waals surface area contributed by atoms with Crippen molar-refractivity contribution in [1.29, 1.82) is 5.26 Å². The predicted octanol–water partition coefficient (Wildman–Crippen LogP) is 0.500. The van der Waals surface area contributed by atoms with Crippen LogP contribution in [0.25, 0.3) is 0 Å². The van der Waals surface area contributed by atoms with Crippen LogP contribution >= 0.6 is 11.6 Å². The molecule has 0 aliphatic rings. The summed E-state index contributed by atoms with van der Waals surface area (Å²) >= 11 is 5.16. The molecule has 0 aromatic heterocycles. The van der Waals surface area contributed by atoms with Crippen molar-refractivity contribution in [2.45, 2.75) is 12.5 Å². The standard InChI is InChI=1S/C4H6ClNO/c5-2-1-4(7)3-6/h4,7H,1-2H2. The number of aliphatic hydroxyl groups excluding tert-OH is 1. The number of halogens is 1. The molecule has 0 bridgehead atoms. The minimum Gasteiger partial charge on any atom is -0.378 e. The lowest BCUT2D eigenvalue weighted by Gasteiger charge is -1.91. The first kappa shape index (κ1) is 6.74. The maximum atomic E-state index is 8.41. The van der Waals surface area contributed by atoms with Gasteiger partial charge in [0.25, 0.3) is 0 Å². The Morgan fingerprint density at radius 3 is 2.57 bits per heavy atom. The minimum atomic E-state index is -0.877. The fourth-order valence-corrected chi connectivity index (χ4v) is 0.375. The smallest absolute Gasteiger partial charge is 0.141 e. The molecular weight excluding hydrogens is 114 g/mol. The van der Waals surface area contributed by atoms with Gasteiger partial charge in [-0.2, -0.15) is 5.26 Å². The highest BCUT2D eigenvalue weighted by Crippen LogP contribution is 1.89. The van der Waals surface area contributed by atoms with E-state index in [1.165, 1.54) is 0 Å². The summed E-state index contributed by atoms with van der Waals surface area (Å²) in [4.78, 5) is 0. The van der Waals surface area contributed by atoms with Gasteiger partial charge in [-0.25, -0.2) is 0 Å². The molecule has 0 amide bonds. The third kappa shape index (κ3) is 3.57. The third-order valence-corrected chi connectivity index (χ3v) is 0.750. The Kier molecular flexibility index (Phi) is 3.77. The second-order valence-electron chi connectivity index (χ2n) is 1.12. The fraction of sp³-hybridized carbons (Fsp3) is 0.750. The van der Waals surface area contributed by atoms with Crippen LogP contribution in [0, 0.1) is 11.3 Å². The van der Waals surface area contributed by atoms with Crippen molar-refractivity contribution in [1.82, 2.24) is 0 Å². The summed E-state index contributed by atoms with van der Waals surface area (Å²) in [7, 11) is 0. The van der Waals surface area contributed by atoms with Crippen molar-refractivity contribution in [3.8, 4) is 6.07 Å². The van der Waals surface area contributed by atoms with E-state index in [-0.39, 0.29) is 0 Å². The average molecular weight is 120 g/mol. The molecule has 40 valence electrons. The van der Waals surface area contributed by atoms with E-state index < -0.39 is 6.10 Å². The van der Waals surface area contributed by atoms with E-state index in [2.05, 4.69) is 0 Å². The van der Waals surface area contributed by atoms with E-state index in [0.717, 1.165) is 0 Å². The van der Waals surface area contributed by atoms with Gasteiger partial charge in [0.15, 0.2) is 0 Å². The molecule has 0 saturated carbocycles. The quantitative estimate of drug-likeness (QED) is 0.425. The molecular formula is C4H6ClNO. The zero-order valence-electron chi connectivity index (χ0n) is 3.76. The summed E-state index contributed by atoms with van der Waals surface area (Å²) in [6.45, 7) is 0. The summed E-state index contributed by atoms with van der Waals surface area (Å²) in [5, 5.41) is 16.3. The number of alkyl halides is 1. The van der Waals surface area contributed by atoms with Gasteiger partial charge in [-0.1, -0.05) is 0 Å². The molecule has 2 nitrogen and oxygen atoms in total. The van der Waals surface area contributed by atoms with Gasteiger partial charge < -0.3 is 5.11 Å². The van der Waals surface area contributed by atoms with E-state index in [0.29, 0.717) is 12.3 Å². The molecule has 0 aromatic carbocycles. The van der Waals surface area contributed by atoms with Crippen LogP contribution in [0.5, 0.6) is 0 Å². The molecule has 1 atom stereocenters. The van der Waals surface area contributed by atoms with Crippen molar-refractivity contribution in [2.24, 2.45) is 0 Å². The van der Waals surface area contributed by atoms with E-state index in [1.807, 2.05) is 0 Å². The van der Waals surface area contributed by atoms with E-state index in [4.69, 9.17) is 22.0 Å². The zero-order valence-corrected chi connectivity index (χ0v) is 4.52. The Hall–Kier alpha value is -0.260. The first-order chi connectivity index (χ1) is 3.31. The molecule has 0 aliphatic heterocycles. The van der Waals surface area contributed by atoms with Crippen molar-refractivity contribution < 1.29 is 5.11 Å². The molecule has 0 spiro atoms. The van der Waals surface area contributed by atoms with Gasteiger partial charge >= 0.3 is 0 Å². The molecule has 0 saturated heterocycles. The zero-order chi connectivity index (χ0) is 5.70. The molecule has 0 aliphatic carbocycles. The second kappa shape index (κ2) is 3.91. The van der Waals surface area contributed by atoms with Crippen LogP contribution < -0.4 is 0 Å². The minimum absolute atomic E-state index is 0.342. The van der Waals surface area contributed by atoms with Gasteiger partial charge in [-0.3, -0.25) is 0 Å². The van der Waals surface area contributed by atoms with Crippen LogP contribution in [0.4, 0.5) is 0 Å². The normalized spacial score (nSPS) is 12.7. The summed E-state index contributed by atoms with van der Waals surface area (Å²) in [6.07, 6.45) is -0.518. The Labute approximate surface area is 47.3 Å². The number of rotatable bonds is 2. The van der Waals surface area contributed by atoms with Crippen LogP contribution in [0.2, 0.25) is 0 Å². The Morgan fingerprint density at radius 2 is 2.43 bits per heavy atom. The molecule has 0 heterocycles. The van der Waals surface area contributed by atoms with Crippen LogP contribution in [0.1, 0.15) is 6.42 Å². The van der Waals surface area contributed by atoms with Crippen LogP contribution in [-0.2, 0) is 0 Å². The second-order valence-corrected chi connectivity index (χ2v) is 1.50. The monoisotopic (exact) mass is 119 g/mol. The van der Waals surface area contributed by atoms with E-state index in [9.17, 15) is 0 Å². The maximum absolute atomic E-state index is 8.41. The van der Waals surface area contributed by atoms with Crippen molar-refractivity contribution >= 4 is 11.6 Å². The lowest BCUT2D eigenvalue weighted by molar-refractivity contribution is 0.227. The molecule has 0 fully saturated rings. The number of hydrogen-bond acceptors (Lipinski definition) is 2. The average Bonchev–Trinajstić information content (AvgIpc) is 1.68. The summed E-state index contributed by atoms with van der Waals surface area (Å²) in [5.41, 5.74) is 0. The molecule has 0 aromatic rings. The Bertz CT molecular complexity index is 78.2. The molecule has 3 heteroatoms. The van der Waals surface area contributed by atoms with Gasteiger partial charge in [0.05, 0.1) is 6.07 Å². The predicted molar refractivity (Wildman–Crippen MR) is 27.0 cm³/mol. The van der Waals surface area contributed by atoms with Crippen LogP contribution in [0.3, 0.4) is 0 Å². The molecule has 7 heavy (non-hydrogen) atoms. The fourth-order valence-electron chi connectivity index (χ4n) is 0.168. The third-order valence-electron chi connectivity index (χ3n) is 0.532. The lowest BCUT2D eigenvalue weighted by Crippen LogP contribution is -2.01.